The lowest BCUT2D eigenvalue weighted by Crippen LogP contribution is -2.23. The second-order valence-corrected chi connectivity index (χ2v) is 5.65. The second kappa shape index (κ2) is 6.14. The van der Waals surface area contributed by atoms with Crippen molar-refractivity contribution in [2.45, 2.75) is 38.9 Å². The molecule has 3 rings (SSSR count). The van der Waals surface area contributed by atoms with Gasteiger partial charge in [0, 0.05) is 30.2 Å². The summed E-state index contributed by atoms with van der Waals surface area (Å²) < 4.78 is 2.00. The zero-order valence-corrected chi connectivity index (χ0v) is 12.3. The second-order valence-electron chi connectivity index (χ2n) is 5.65. The number of aromatic nitrogens is 1. The van der Waals surface area contributed by atoms with Crippen molar-refractivity contribution in [3.63, 3.8) is 0 Å². The van der Waals surface area contributed by atoms with Gasteiger partial charge in [0.05, 0.1) is 0 Å². The van der Waals surface area contributed by atoms with Crippen molar-refractivity contribution in [1.82, 2.24) is 9.88 Å². The van der Waals surface area contributed by atoms with E-state index in [2.05, 4.69) is 16.7 Å². The summed E-state index contributed by atoms with van der Waals surface area (Å²) in [5.41, 5.74) is 3.11. The summed E-state index contributed by atoms with van der Waals surface area (Å²) >= 11 is 0. The van der Waals surface area contributed by atoms with E-state index in [4.69, 9.17) is 0 Å². The van der Waals surface area contributed by atoms with Gasteiger partial charge < -0.3 is 15.2 Å². The van der Waals surface area contributed by atoms with Gasteiger partial charge in [-0.05, 0) is 43.5 Å². The number of nitrogens with one attached hydrogen (secondary N) is 2. The highest BCUT2D eigenvalue weighted by molar-refractivity contribution is 5.91. The molecule has 21 heavy (non-hydrogen) atoms. The van der Waals surface area contributed by atoms with Crippen LogP contribution in [0.4, 0.5) is 5.69 Å². The maximum Gasteiger partial charge on any atom is 0.244 e. The van der Waals surface area contributed by atoms with E-state index in [1.165, 1.54) is 12.8 Å². The third-order valence-corrected chi connectivity index (χ3v) is 3.81. The summed E-state index contributed by atoms with van der Waals surface area (Å²) in [6.07, 6.45) is 4.50. The van der Waals surface area contributed by atoms with Gasteiger partial charge in [-0.3, -0.25) is 4.79 Å². The molecule has 110 valence electrons. The highest BCUT2D eigenvalue weighted by atomic mass is 16.1. The zero-order chi connectivity index (χ0) is 14.7. The summed E-state index contributed by atoms with van der Waals surface area (Å²) in [6.45, 7) is 3.18. The van der Waals surface area contributed by atoms with Crippen LogP contribution in [0.2, 0.25) is 0 Å². The molecule has 1 aliphatic rings. The topological polar surface area (TPSA) is 46.1 Å². The number of benzene rings is 1. The molecular formula is C17H21N3O. The average molecular weight is 283 g/mol. The van der Waals surface area contributed by atoms with E-state index in [1.54, 1.807) is 0 Å². The van der Waals surface area contributed by atoms with E-state index in [0.29, 0.717) is 12.6 Å². The minimum atomic E-state index is 0.00757. The van der Waals surface area contributed by atoms with Gasteiger partial charge >= 0.3 is 0 Å². The SMILES string of the molecule is Cc1ccccc1NC(=O)Cn1cccc1CNC1CC1. The van der Waals surface area contributed by atoms with Crippen molar-refractivity contribution < 1.29 is 4.79 Å². The predicted octanol–water partition coefficient (Wildman–Crippen LogP) is 2.69. The summed E-state index contributed by atoms with van der Waals surface area (Å²) in [7, 11) is 0. The Morgan fingerprint density at radius 1 is 1.24 bits per heavy atom. The lowest BCUT2D eigenvalue weighted by Gasteiger charge is -2.11. The van der Waals surface area contributed by atoms with Crippen LogP contribution in [0.15, 0.2) is 42.6 Å². The minimum Gasteiger partial charge on any atom is -0.341 e. The van der Waals surface area contributed by atoms with Crippen molar-refractivity contribution in [3.8, 4) is 0 Å². The maximum atomic E-state index is 12.2. The highest BCUT2D eigenvalue weighted by Gasteiger charge is 2.20. The molecule has 0 unspecified atom stereocenters. The summed E-state index contributed by atoms with van der Waals surface area (Å²) in [5, 5.41) is 6.45. The molecule has 0 aliphatic heterocycles. The van der Waals surface area contributed by atoms with E-state index in [9.17, 15) is 4.79 Å². The van der Waals surface area contributed by atoms with Gasteiger partial charge in [0.15, 0.2) is 0 Å². The number of rotatable bonds is 6. The van der Waals surface area contributed by atoms with Gasteiger partial charge in [-0.2, -0.15) is 0 Å². The Hall–Kier alpha value is -2.07. The fourth-order valence-corrected chi connectivity index (χ4v) is 2.36. The third kappa shape index (κ3) is 3.73. The number of anilines is 1. The Labute approximate surface area is 125 Å². The van der Waals surface area contributed by atoms with E-state index < -0.39 is 0 Å². The molecule has 1 amide bonds. The first-order valence-corrected chi connectivity index (χ1v) is 7.45. The third-order valence-electron chi connectivity index (χ3n) is 3.81. The average Bonchev–Trinajstić information content (AvgIpc) is 3.20. The van der Waals surface area contributed by atoms with Gasteiger partial charge in [0.1, 0.15) is 6.54 Å². The van der Waals surface area contributed by atoms with Gasteiger partial charge in [0.2, 0.25) is 5.91 Å². The smallest absolute Gasteiger partial charge is 0.244 e. The van der Waals surface area contributed by atoms with Crippen LogP contribution in [0.1, 0.15) is 24.1 Å². The summed E-state index contributed by atoms with van der Waals surface area (Å²) in [4.78, 5) is 12.2. The normalized spacial score (nSPS) is 14.1. The lowest BCUT2D eigenvalue weighted by atomic mass is 10.2. The molecule has 4 heteroatoms. The van der Waals surface area contributed by atoms with Gasteiger partial charge in [-0.1, -0.05) is 18.2 Å². The Balaban J connectivity index is 1.59. The Bertz CT molecular complexity index is 628. The van der Waals surface area contributed by atoms with Crippen molar-refractivity contribution in [2.24, 2.45) is 0 Å². The number of nitrogens with zero attached hydrogens (tertiary/aromatic N) is 1. The van der Waals surface area contributed by atoms with Gasteiger partial charge in [-0.15, -0.1) is 0 Å². The summed E-state index contributed by atoms with van der Waals surface area (Å²) in [6, 6.07) is 12.6. The number of para-hydroxylation sites is 1. The Kier molecular flexibility index (Phi) is 4.06. The summed E-state index contributed by atoms with van der Waals surface area (Å²) in [5.74, 6) is 0.00757. The molecule has 0 saturated heterocycles. The van der Waals surface area contributed by atoms with Gasteiger partial charge in [0.25, 0.3) is 0 Å². The van der Waals surface area contributed by atoms with Crippen molar-refractivity contribution >= 4 is 11.6 Å². The molecule has 1 aromatic heterocycles. The van der Waals surface area contributed by atoms with Crippen molar-refractivity contribution in [1.29, 1.82) is 0 Å². The van der Waals surface area contributed by atoms with Crippen molar-refractivity contribution in [2.75, 3.05) is 5.32 Å². The molecule has 1 saturated carbocycles. The van der Waals surface area contributed by atoms with Crippen LogP contribution < -0.4 is 10.6 Å². The first-order chi connectivity index (χ1) is 10.2. The molecule has 4 nitrogen and oxygen atoms in total. The first kappa shape index (κ1) is 13.9. The number of aryl methyl sites for hydroxylation is 1. The standard InChI is InChI=1S/C17H21N3O/c1-13-5-2-3-7-16(13)19-17(21)12-20-10-4-6-15(20)11-18-14-8-9-14/h2-7,10,14,18H,8-9,11-12H2,1H3,(H,19,21). The van der Waals surface area contributed by atoms with Crippen LogP contribution in [0.5, 0.6) is 0 Å². The fraction of sp³-hybridized carbons (Fsp3) is 0.353. The van der Waals surface area contributed by atoms with Crippen LogP contribution in [0.25, 0.3) is 0 Å². The van der Waals surface area contributed by atoms with Gasteiger partial charge in [-0.25, -0.2) is 0 Å². The largest absolute Gasteiger partial charge is 0.341 e. The van der Waals surface area contributed by atoms with Crippen LogP contribution in [0, 0.1) is 6.92 Å². The number of carbonyl (C=O) groups excluding carboxylic acids is 1. The molecule has 1 aliphatic carbocycles. The van der Waals surface area contributed by atoms with E-state index >= 15 is 0 Å². The van der Waals surface area contributed by atoms with E-state index in [0.717, 1.165) is 23.5 Å². The predicted molar refractivity (Wildman–Crippen MR) is 84.1 cm³/mol. The fourth-order valence-electron chi connectivity index (χ4n) is 2.36. The molecule has 1 fully saturated rings. The number of carbonyl (C=O) groups is 1. The van der Waals surface area contributed by atoms with Crippen LogP contribution >= 0.6 is 0 Å². The molecule has 2 N–H and O–H groups in total. The molecule has 0 radical (unpaired) electrons. The van der Waals surface area contributed by atoms with E-state index in [-0.39, 0.29) is 5.91 Å². The first-order valence-electron chi connectivity index (χ1n) is 7.45. The number of hydrogen-bond donors (Lipinski definition) is 2. The Morgan fingerprint density at radius 2 is 2.05 bits per heavy atom. The molecular weight excluding hydrogens is 262 g/mol. The molecule has 1 aromatic carbocycles. The number of hydrogen-bond acceptors (Lipinski definition) is 2. The molecule has 0 bridgehead atoms. The molecule has 1 heterocycles. The molecule has 0 atom stereocenters. The van der Waals surface area contributed by atoms with Crippen LogP contribution in [-0.4, -0.2) is 16.5 Å². The zero-order valence-electron chi connectivity index (χ0n) is 12.3. The molecule has 0 spiro atoms. The van der Waals surface area contributed by atoms with Crippen LogP contribution in [-0.2, 0) is 17.9 Å². The number of amides is 1. The minimum absolute atomic E-state index is 0.00757. The quantitative estimate of drug-likeness (QED) is 0.856. The van der Waals surface area contributed by atoms with E-state index in [1.807, 2.05) is 48.0 Å². The maximum absolute atomic E-state index is 12.2. The van der Waals surface area contributed by atoms with Crippen molar-refractivity contribution in [3.05, 3.63) is 53.9 Å². The lowest BCUT2D eigenvalue weighted by molar-refractivity contribution is -0.116. The van der Waals surface area contributed by atoms with Crippen LogP contribution in [0.3, 0.4) is 0 Å². The molecule has 2 aromatic rings. The highest BCUT2D eigenvalue weighted by Crippen LogP contribution is 2.19. The Morgan fingerprint density at radius 3 is 2.81 bits per heavy atom. The monoisotopic (exact) mass is 283 g/mol.